The van der Waals surface area contributed by atoms with Crippen molar-refractivity contribution in [1.29, 1.82) is 0 Å². The third-order valence-corrected chi connectivity index (χ3v) is 2.26. The number of rotatable bonds is 4. The highest BCUT2D eigenvalue weighted by Crippen LogP contribution is 2.40. The highest BCUT2D eigenvalue weighted by Gasteiger charge is 2.40. The maximum atomic E-state index is 13.1. The molecule has 0 fully saturated rings. The number of aromatic hydroxyl groups is 1. The molecule has 0 aliphatic rings. The third kappa shape index (κ3) is 4.36. The maximum absolute atomic E-state index is 13.1. The third-order valence-electron chi connectivity index (χ3n) is 2.26. The molecule has 0 unspecified atom stereocenters. The second-order valence-electron chi connectivity index (χ2n) is 3.64. The van der Waals surface area contributed by atoms with E-state index >= 15 is 0 Å². The van der Waals surface area contributed by atoms with Gasteiger partial charge in [-0.3, -0.25) is 0 Å². The number of phenolic OH excluding ortho intramolecular Hbond substituents is 1. The number of aliphatic hydroxyl groups excluding tert-OH is 1. The molecule has 0 saturated heterocycles. The lowest BCUT2D eigenvalue weighted by atomic mass is 10.0. The summed E-state index contributed by atoms with van der Waals surface area (Å²) in [6.07, 6.45) is -5.08. The van der Waals surface area contributed by atoms with Crippen LogP contribution in [-0.2, 0) is 0 Å². The number of phenols is 1. The van der Waals surface area contributed by atoms with E-state index in [9.17, 15) is 27.1 Å². The van der Waals surface area contributed by atoms with Crippen LogP contribution in [0.4, 0.5) is 22.0 Å². The van der Waals surface area contributed by atoms with E-state index < -0.39 is 42.0 Å². The molecule has 4 N–H and O–H groups in total. The normalized spacial score (nSPS) is 13.6. The molecule has 0 radical (unpaired) electrons. The summed E-state index contributed by atoms with van der Waals surface area (Å²) in [5.41, 5.74) is 4.44. The van der Waals surface area contributed by atoms with E-state index in [1.54, 1.807) is 0 Å². The van der Waals surface area contributed by atoms with Crippen LogP contribution in [0.2, 0.25) is 0 Å². The molecule has 10 heteroatoms. The van der Waals surface area contributed by atoms with E-state index in [-0.39, 0.29) is 12.4 Å². The lowest BCUT2D eigenvalue weighted by Gasteiger charge is -2.23. The zero-order chi connectivity index (χ0) is 14.8. The van der Waals surface area contributed by atoms with E-state index in [4.69, 9.17) is 10.8 Å². The number of alkyl halides is 5. The quantitative estimate of drug-likeness (QED) is 0.743. The summed E-state index contributed by atoms with van der Waals surface area (Å²) >= 11 is 0. The van der Waals surface area contributed by atoms with Crippen LogP contribution in [0.25, 0.3) is 0 Å². The lowest BCUT2D eigenvalue weighted by molar-refractivity contribution is -0.275. The first kappa shape index (κ1) is 18.7. The Labute approximate surface area is 116 Å². The van der Waals surface area contributed by atoms with Crippen molar-refractivity contribution in [2.45, 2.75) is 18.3 Å². The lowest BCUT2D eigenvalue weighted by Crippen LogP contribution is -2.36. The molecule has 0 aromatic heterocycles. The van der Waals surface area contributed by atoms with Crippen LogP contribution in [0.15, 0.2) is 18.2 Å². The van der Waals surface area contributed by atoms with Crippen molar-refractivity contribution in [2.75, 3.05) is 6.61 Å². The van der Waals surface area contributed by atoms with Crippen molar-refractivity contribution in [1.82, 2.24) is 0 Å². The minimum absolute atomic E-state index is 0. The van der Waals surface area contributed by atoms with Gasteiger partial charge in [-0.15, -0.1) is 25.6 Å². The first-order valence-corrected chi connectivity index (χ1v) is 4.90. The molecule has 0 saturated carbocycles. The molecule has 0 aliphatic heterocycles. The van der Waals surface area contributed by atoms with Crippen molar-refractivity contribution < 1.29 is 36.9 Å². The van der Waals surface area contributed by atoms with Gasteiger partial charge in [0.15, 0.2) is 11.5 Å². The Morgan fingerprint density at radius 3 is 2.20 bits per heavy atom. The van der Waals surface area contributed by atoms with Gasteiger partial charge in [0.1, 0.15) is 12.6 Å². The Hall–Kier alpha value is -1.32. The number of halogens is 6. The van der Waals surface area contributed by atoms with Crippen LogP contribution in [-0.4, -0.2) is 29.1 Å². The average molecular weight is 324 g/mol. The first-order chi connectivity index (χ1) is 8.58. The minimum Gasteiger partial charge on any atom is -0.504 e. The van der Waals surface area contributed by atoms with Crippen LogP contribution >= 0.6 is 12.4 Å². The van der Waals surface area contributed by atoms with Crippen LogP contribution in [0.3, 0.4) is 0 Å². The number of aliphatic hydroxyl groups is 1. The zero-order valence-corrected chi connectivity index (χ0v) is 10.5. The van der Waals surface area contributed by atoms with Crippen LogP contribution in [0.5, 0.6) is 11.5 Å². The molecule has 116 valence electrons. The Balaban J connectivity index is 0.00000361. The van der Waals surface area contributed by atoms with Gasteiger partial charge in [0.2, 0.25) is 0 Å². The monoisotopic (exact) mass is 323 g/mol. The largest absolute Gasteiger partial charge is 0.573 e. The predicted octanol–water partition coefficient (Wildman–Crippen LogP) is 2.34. The number of hydrogen-bond acceptors (Lipinski definition) is 4. The Bertz CT molecular complexity index is 455. The van der Waals surface area contributed by atoms with Gasteiger partial charge < -0.3 is 20.7 Å². The van der Waals surface area contributed by atoms with Crippen molar-refractivity contribution >= 4 is 12.4 Å². The highest BCUT2D eigenvalue weighted by molar-refractivity contribution is 5.85. The van der Waals surface area contributed by atoms with Crippen LogP contribution in [0.1, 0.15) is 11.6 Å². The first-order valence-electron chi connectivity index (χ1n) is 4.90. The number of para-hydroxylation sites is 1. The summed E-state index contributed by atoms with van der Waals surface area (Å²) in [6, 6.07) is 0.445. The van der Waals surface area contributed by atoms with E-state index in [0.29, 0.717) is 0 Å². The van der Waals surface area contributed by atoms with Crippen molar-refractivity contribution in [3.8, 4) is 11.5 Å². The number of hydrogen-bond donors (Lipinski definition) is 3. The van der Waals surface area contributed by atoms with Crippen molar-refractivity contribution in [2.24, 2.45) is 5.73 Å². The summed E-state index contributed by atoms with van der Waals surface area (Å²) in [6.45, 7) is -1.61. The summed E-state index contributed by atoms with van der Waals surface area (Å²) in [4.78, 5) is 0. The Morgan fingerprint density at radius 1 is 1.20 bits per heavy atom. The van der Waals surface area contributed by atoms with E-state index in [2.05, 4.69) is 4.74 Å². The fourth-order valence-electron chi connectivity index (χ4n) is 1.32. The highest BCUT2D eigenvalue weighted by atomic mass is 35.5. The molecule has 1 rings (SSSR count). The van der Waals surface area contributed by atoms with Gasteiger partial charge in [0.05, 0.1) is 0 Å². The van der Waals surface area contributed by atoms with Crippen molar-refractivity contribution in [3.63, 3.8) is 0 Å². The topological polar surface area (TPSA) is 75.7 Å². The second-order valence-corrected chi connectivity index (χ2v) is 3.64. The maximum Gasteiger partial charge on any atom is 0.573 e. The van der Waals surface area contributed by atoms with Crippen molar-refractivity contribution in [3.05, 3.63) is 23.8 Å². The van der Waals surface area contributed by atoms with Gasteiger partial charge in [-0.1, -0.05) is 12.1 Å². The number of benzene rings is 1. The van der Waals surface area contributed by atoms with Crippen LogP contribution in [0, 0.1) is 0 Å². The molecule has 1 aromatic carbocycles. The Morgan fingerprint density at radius 2 is 1.75 bits per heavy atom. The molecule has 1 aromatic rings. The fourth-order valence-corrected chi connectivity index (χ4v) is 1.32. The van der Waals surface area contributed by atoms with Gasteiger partial charge in [-0.2, -0.15) is 0 Å². The van der Waals surface area contributed by atoms with Gasteiger partial charge >= 0.3 is 6.36 Å². The SMILES string of the molecule is Cl.N[C@@H](c1cccc(OC(F)(F)F)c1O)C(F)(F)CO. The molecule has 0 bridgehead atoms. The zero-order valence-electron chi connectivity index (χ0n) is 9.69. The van der Waals surface area contributed by atoms with Gasteiger partial charge in [-0.25, -0.2) is 8.78 Å². The summed E-state index contributed by atoms with van der Waals surface area (Å²) in [5, 5.41) is 17.9. The second kappa shape index (κ2) is 6.42. The molecule has 20 heavy (non-hydrogen) atoms. The van der Waals surface area contributed by atoms with Crippen LogP contribution < -0.4 is 10.5 Å². The standard InChI is InChI=1S/C10H10F5NO3.ClH/c11-9(12,4-17)8(16)5-2-1-3-6(7(5)18)19-10(13,14)15;/h1-3,8,17-18H,4,16H2;1H/t8-;/m0./s1. The molecular formula is C10H11ClF5NO3. The molecule has 4 nitrogen and oxygen atoms in total. The molecule has 0 aliphatic carbocycles. The summed E-state index contributed by atoms with van der Waals surface area (Å²) in [7, 11) is 0. The number of ether oxygens (including phenoxy) is 1. The Kier molecular flexibility index (Phi) is 6.00. The molecular weight excluding hydrogens is 313 g/mol. The van der Waals surface area contributed by atoms with Gasteiger partial charge in [-0.05, 0) is 6.07 Å². The fraction of sp³-hybridized carbons (Fsp3) is 0.400. The van der Waals surface area contributed by atoms with Gasteiger partial charge in [0, 0.05) is 5.56 Å². The smallest absolute Gasteiger partial charge is 0.504 e. The predicted molar refractivity (Wildman–Crippen MR) is 61.0 cm³/mol. The molecule has 0 amide bonds. The number of nitrogens with two attached hydrogens (primary N) is 1. The van der Waals surface area contributed by atoms with E-state index in [1.807, 2.05) is 0 Å². The molecule has 0 heterocycles. The molecule has 0 spiro atoms. The van der Waals surface area contributed by atoms with Gasteiger partial charge in [0.25, 0.3) is 5.92 Å². The average Bonchev–Trinajstić information content (AvgIpc) is 2.29. The minimum atomic E-state index is -5.08. The summed E-state index contributed by atoms with van der Waals surface area (Å²) < 4.78 is 65.7. The molecule has 1 atom stereocenters. The van der Waals surface area contributed by atoms with E-state index in [1.165, 1.54) is 0 Å². The summed E-state index contributed by atoms with van der Waals surface area (Å²) in [5.74, 6) is -6.00. The van der Waals surface area contributed by atoms with E-state index in [0.717, 1.165) is 18.2 Å².